The molecule has 2 saturated heterocycles. The Balaban J connectivity index is 1.54. The molecule has 0 spiro atoms. The van der Waals surface area contributed by atoms with Crippen molar-refractivity contribution in [3.63, 3.8) is 0 Å². The number of nitrogens with zero attached hydrogens (tertiary/aromatic N) is 4. The molecule has 2 atom stereocenters. The van der Waals surface area contributed by atoms with Gasteiger partial charge in [0.2, 0.25) is 17.8 Å². The molecule has 10 heteroatoms. The summed E-state index contributed by atoms with van der Waals surface area (Å²) >= 11 is 0. The number of alkyl halides is 3. The van der Waals surface area contributed by atoms with Crippen LogP contribution in [0.1, 0.15) is 19.3 Å². The predicted octanol–water partition coefficient (Wildman–Crippen LogP) is 0.972. The first-order chi connectivity index (χ1) is 12.3. The summed E-state index contributed by atoms with van der Waals surface area (Å²) < 4.78 is 37.4. The van der Waals surface area contributed by atoms with Crippen molar-refractivity contribution in [1.82, 2.24) is 20.2 Å². The molecule has 2 aliphatic rings. The van der Waals surface area contributed by atoms with E-state index < -0.39 is 24.5 Å². The molecular formula is C16H20F3N5O2. The molecule has 1 N–H and O–H groups in total. The third-order valence-electron chi connectivity index (χ3n) is 4.56. The van der Waals surface area contributed by atoms with E-state index in [2.05, 4.69) is 15.3 Å². The van der Waals surface area contributed by atoms with E-state index in [0.717, 1.165) is 19.4 Å². The van der Waals surface area contributed by atoms with Crippen molar-refractivity contribution in [2.24, 2.45) is 5.92 Å². The van der Waals surface area contributed by atoms with Gasteiger partial charge >= 0.3 is 6.18 Å². The first kappa shape index (κ1) is 18.4. The fourth-order valence-electron chi connectivity index (χ4n) is 3.37. The number of piperidine rings is 1. The summed E-state index contributed by atoms with van der Waals surface area (Å²) in [7, 11) is 0. The van der Waals surface area contributed by atoms with Gasteiger partial charge in [-0.1, -0.05) is 0 Å². The second-order valence-electron chi connectivity index (χ2n) is 6.63. The van der Waals surface area contributed by atoms with Crippen molar-refractivity contribution in [2.45, 2.75) is 31.5 Å². The van der Waals surface area contributed by atoms with Crippen LogP contribution in [0.4, 0.5) is 19.1 Å². The summed E-state index contributed by atoms with van der Waals surface area (Å²) in [6.45, 7) is -0.194. The van der Waals surface area contributed by atoms with Crippen LogP contribution < -0.4 is 10.2 Å². The molecule has 0 aromatic carbocycles. The number of aromatic nitrogens is 2. The topological polar surface area (TPSA) is 78.4 Å². The fraction of sp³-hybridized carbons (Fsp3) is 0.625. The van der Waals surface area contributed by atoms with E-state index in [0.29, 0.717) is 17.4 Å². The molecule has 1 aromatic rings. The van der Waals surface area contributed by atoms with Gasteiger partial charge in [-0.15, -0.1) is 0 Å². The highest BCUT2D eigenvalue weighted by molar-refractivity contribution is 5.89. The Kier molecular flexibility index (Phi) is 5.28. The van der Waals surface area contributed by atoms with Crippen LogP contribution >= 0.6 is 0 Å². The lowest BCUT2D eigenvalue weighted by Crippen LogP contribution is -2.50. The Labute approximate surface area is 148 Å². The first-order valence-corrected chi connectivity index (χ1v) is 8.49. The molecule has 3 rings (SSSR count). The van der Waals surface area contributed by atoms with Gasteiger partial charge < -0.3 is 15.1 Å². The minimum absolute atomic E-state index is 0.146. The summed E-state index contributed by atoms with van der Waals surface area (Å²) in [5.74, 6) is -1.17. The van der Waals surface area contributed by atoms with Crippen LogP contribution in [0.25, 0.3) is 0 Å². The van der Waals surface area contributed by atoms with Gasteiger partial charge in [0.15, 0.2) is 0 Å². The minimum atomic E-state index is -4.46. The lowest BCUT2D eigenvalue weighted by Gasteiger charge is -2.33. The number of hydrogen-bond donors (Lipinski definition) is 1. The van der Waals surface area contributed by atoms with Crippen LogP contribution in [0, 0.1) is 5.92 Å². The standard InChI is InChI=1S/C16H20F3N5O2/c17-16(18,19)10-24-8-11(7-13(24)25)14(26)22-12-3-1-6-23(9-12)15-20-4-2-5-21-15/h2,4-5,11-12H,1,3,6-10H2,(H,22,26)/t11-,12+/m1/s1. The Morgan fingerprint density at radius 1 is 1.27 bits per heavy atom. The predicted molar refractivity (Wildman–Crippen MR) is 86.2 cm³/mol. The molecule has 2 amide bonds. The number of hydrogen-bond acceptors (Lipinski definition) is 5. The largest absolute Gasteiger partial charge is 0.406 e. The average molecular weight is 371 g/mol. The molecule has 142 valence electrons. The molecule has 2 fully saturated rings. The van der Waals surface area contributed by atoms with Gasteiger partial charge in [-0.3, -0.25) is 9.59 Å². The Morgan fingerprint density at radius 3 is 2.69 bits per heavy atom. The number of halogens is 3. The van der Waals surface area contributed by atoms with E-state index in [9.17, 15) is 22.8 Å². The maximum absolute atomic E-state index is 12.5. The number of rotatable bonds is 4. The second-order valence-corrected chi connectivity index (χ2v) is 6.63. The van der Waals surface area contributed by atoms with E-state index >= 15 is 0 Å². The summed E-state index contributed by atoms with van der Waals surface area (Å²) in [6, 6.07) is 1.57. The molecule has 2 aliphatic heterocycles. The van der Waals surface area contributed by atoms with Crippen molar-refractivity contribution in [3.8, 4) is 0 Å². The number of anilines is 1. The van der Waals surface area contributed by atoms with Crippen molar-refractivity contribution in [2.75, 3.05) is 31.1 Å². The zero-order chi connectivity index (χ0) is 18.7. The second kappa shape index (κ2) is 7.46. The molecule has 3 heterocycles. The Bertz CT molecular complexity index is 655. The molecule has 0 aliphatic carbocycles. The zero-order valence-corrected chi connectivity index (χ0v) is 14.1. The molecule has 26 heavy (non-hydrogen) atoms. The molecule has 0 bridgehead atoms. The summed E-state index contributed by atoms with van der Waals surface area (Å²) in [5.41, 5.74) is 0. The highest BCUT2D eigenvalue weighted by Gasteiger charge is 2.41. The van der Waals surface area contributed by atoms with Crippen LogP contribution in [0.2, 0.25) is 0 Å². The molecule has 7 nitrogen and oxygen atoms in total. The third kappa shape index (κ3) is 4.61. The SMILES string of the molecule is O=C(N[C@H]1CCCN(c2ncccn2)C1)[C@@H]1CC(=O)N(CC(F)(F)F)C1. The van der Waals surface area contributed by atoms with Gasteiger partial charge in [-0.05, 0) is 18.9 Å². The van der Waals surface area contributed by atoms with Crippen molar-refractivity contribution >= 4 is 17.8 Å². The average Bonchev–Trinajstić information content (AvgIpc) is 2.95. The lowest BCUT2D eigenvalue weighted by molar-refractivity contribution is -0.157. The molecular weight excluding hydrogens is 351 g/mol. The van der Waals surface area contributed by atoms with Gasteiger partial charge in [0.05, 0.1) is 5.92 Å². The minimum Gasteiger partial charge on any atom is -0.351 e. The van der Waals surface area contributed by atoms with Gasteiger partial charge in [0.25, 0.3) is 0 Å². The van der Waals surface area contributed by atoms with Crippen LogP contribution in [0.15, 0.2) is 18.5 Å². The molecule has 0 saturated carbocycles. The van der Waals surface area contributed by atoms with Crippen molar-refractivity contribution in [1.29, 1.82) is 0 Å². The van der Waals surface area contributed by atoms with Gasteiger partial charge in [0, 0.05) is 44.5 Å². The quantitative estimate of drug-likeness (QED) is 0.854. The fourth-order valence-corrected chi connectivity index (χ4v) is 3.37. The van der Waals surface area contributed by atoms with Gasteiger partial charge in [-0.25, -0.2) is 9.97 Å². The number of carbonyl (C=O) groups is 2. The monoisotopic (exact) mass is 371 g/mol. The van der Waals surface area contributed by atoms with Crippen molar-refractivity contribution in [3.05, 3.63) is 18.5 Å². The van der Waals surface area contributed by atoms with Crippen LogP contribution in [0.3, 0.4) is 0 Å². The van der Waals surface area contributed by atoms with Crippen LogP contribution in [0.5, 0.6) is 0 Å². The highest BCUT2D eigenvalue weighted by Crippen LogP contribution is 2.24. The molecule has 0 unspecified atom stereocenters. The zero-order valence-electron chi connectivity index (χ0n) is 14.1. The summed E-state index contributed by atoms with van der Waals surface area (Å²) in [6.07, 6.45) is 0.254. The van der Waals surface area contributed by atoms with E-state index in [1.54, 1.807) is 18.5 Å². The highest BCUT2D eigenvalue weighted by atomic mass is 19.4. The van der Waals surface area contributed by atoms with Gasteiger partial charge in [-0.2, -0.15) is 13.2 Å². The normalized spacial score (nSPS) is 24.0. The van der Waals surface area contributed by atoms with Crippen LogP contribution in [-0.2, 0) is 9.59 Å². The number of amides is 2. The smallest absolute Gasteiger partial charge is 0.351 e. The van der Waals surface area contributed by atoms with E-state index in [4.69, 9.17) is 0 Å². The molecule has 1 aromatic heterocycles. The number of carbonyl (C=O) groups excluding carboxylic acids is 2. The lowest BCUT2D eigenvalue weighted by atomic mass is 10.0. The summed E-state index contributed by atoms with van der Waals surface area (Å²) in [5, 5.41) is 2.87. The van der Waals surface area contributed by atoms with E-state index in [1.807, 2.05) is 4.90 Å². The third-order valence-corrected chi connectivity index (χ3v) is 4.56. The maximum atomic E-state index is 12.5. The van der Waals surface area contributed by atoms with E-state index in [-0.39, 0.29) is 24.9 Å². The Hall–Kier alpha value is -2.39. The summed E-state index contributed by atoms with van der Waals surface area (Å²) in [4.78, 5) is 35.2. The number of nitrogens with one attached hydrogen (secondary N) is 1. The Morgan fingerprint density at radius 2 is 2.00 bits per heavy atom. The van der Waals surface area contributed by atoms with Crippen molar-refractivity contribution < 1.29 is 22.8 Å². The molecule has 0 radical (unpaired) electrons. The van der Waals surface area contributed by atoms with E-state index in [1.165, 1.54) is 0 Å². The number of likely N-dealkylation sites (tertiary alicyclic amines) is 1. The van der Waals surface area contributed by atoms with Gasteiger partial charge in [0.1, 0.15) is 6.54 Å². The first-order valence-electron chi connectivity index (χ1n) is 8.49. The van der Waals surface area contributed by atoms with Crippen LogP contribution in [-0.4, -0.2) is 65.1 Å². The maximum Gasteiger partial charge on any atom is 0.406 e.